The predicted octanol–water partition coefficient (Wildman–Crippen LogP) is 3.27. The molecule has 3 rings (SSSR count). The molecular weight excluding hydrogens is 282 g/mol. The molecule has 1 amide bonds. The van der Waals surface area contributed by atoms with E-state index in [0.29, 0.717) is 17.1 Å². The molecule has 5 nitrogen and oxygen atoms in total. The zero-order valence-corrected chi connectivity index (χ0v) is 12.7. The average molecular weight is 301 g/mol. The van der Waals surface area contributed by atoms with Gasteiger partial charge >= 0.3 is 0 Å². The van der Waals surface area contributed by atoms with Crippen molar-refractivity contribution in [2.24, 2.45) is 0 Å². The number of benzene rings is 1. The number of rotatable bonds is 4. The molecule has 2 heterocycles. The highest BCUT2D eigenvalue weighted by Gasteiger charge is 2.32. The smallest absolute Gasteiger partial charge is 0.254 e. The van der Waals surface area contributed by atoms with Gasteiger partial charge in [-0.1, -0.05) is 0 Å². The summed E-state index contributed by atoms with van der Waals surface area (Å²) < 4.78 is 16.0. The van der Waals surface area contributed by atoms with Gasteiger partial charge in [0, 0.05) is 12.1 Å². The molecule has 2 aromatic rings. The maximum absolute atomic E-state index is 12.8. The van der Waals surface area contributed by atoms with Crippen molar-refractivity contribution < 1.29 is 18.7 Å². The van der Waals surface area contributed by atoms with Crippen LogP contribution < -0.4 is 9.47 Å². The molecule has 0 unspecified atom stereocenters. The third-order valence-corrected chi connectivity index (χ3v) is 4.02. The van der Waals surface area contributed by atoms with Gasteiger partial charge in [0.05, 0.1) is 26.5 Å². The number of methoxy groups -OCH3 is 2. The number of hydrogen-bond acceptors (Lipinski definition) is 4. The van der Waals surface area contributed by atoms with E-state index in [4.69, 9.17) is 13.9 Å². The van der Waals surface area contributed by atoms with Crippen molar-refractivity contribution >= 4 is 5.91 Å². The molecule has 1 aliphatic heterocycles. The van der Waals surface area contributed by atoms with Gasteiger partial charge in [0.2, 0.25) is 0 Å². The van der Waals surface area contributed by atoms with Crippen LogP contribution in [-0.4, -0.2) is 31.6 Å². The minimum absolute atomic E-state index is 0.00981. The fourth-order valence-electron chi connectivity index (χ4n) is 2.92. The van der Waals surface area contributed by atoms with E-state index in [2.05, 4.69) is 0 Å². The summed E-state index contributed by atoms with van der Waals surface area (Å²) in [6, 6.07) is 9.03. The highest BCUT2D eigenvalue weighted by Crippen LogP contribution is 2.35. The third-order valence-electron chi connectivity index (χ3n) is 4.02. The van der Waals surface area contributed by atoms with Crippen molar-refractivity contribution in [3.8, 4) is 11.5 Å². The lowest BCUT2D eigenvalue weighted by Gasteiger charge is -2.23. The molecule has 1 atom stereocenters. The quantitative estimate of drug-likeness (QED) is 0.869. The summed E-state index contributed by atoms with van der Waals surface area (Å²) in [5.41, 5.74) is 0.594. The maximum Gasteiger partial charge on any atom is 0.254 e. The number of carbonyl (C=O) groups is 1. The fraction of sp³-hybridized carbons (Fsp3) is 0.353. The summed E-state index contributed by atoms with van der Waals surface area (Å²) in [5.74, 6) is 2.00. The SMILES string of the molecule is COc1ccc(C(=O)N2CCC[C@H]2c2ccco2)cc1OC. The van der Waals surface area contributed by atoms with Crippen LogP contribution in [0.2, 0.25) is 0 Å². The number of carbonyl (C=O) groups excluding carboxylic acids is 1. The molecule has 0 aliphatic carbocycles. The number of likely N-dealkylation sites (tertiary alicyclic amines) is 1. The summed E-state index contributed by atoms with van der Waals surface area (Å²) in [4.78, 5) is 14.7. The van der Waals surface area contributed by atoms with Gasteiger partial charge in [-0.15, -0.1) is 0 Å². The van der Waals surface area contributed by atoms with Gasteiger partial charge < -0.3 is 18.8 Å². The van der Waals surface area contributed by atoms with Crippen LogP contribution in [0, 0.1) is 0 Å². The van der Waals surface area contributed by atoms with E-state index in [-0.39, 0.29) is 11.9 Å². The Kier molecular flexibility index (Phi) is 4.04. The first-order valence-corrected chi connectivity index (χ1v) is 7.31. The Labute approximate surface area is 129 Å². The van der Waals surface area contributed by atoms with Crippen molar-refractivity contribution in [2.45, 2.75) is 18.9 Å². The fourth-order valence-corrected chi connectivity index (χ4v) is 2.92. The second-order valence-electron chi connectivity index (χ2n) is 5.24. The van der Waals surface area contributed by atoms with Crippen LogP contribution >= 0.6 is 0 Å². The number of furan rings is 1. The standard InChI is InChI=1S/C17H19NO4/c1-20-15-8-7-12(11-16(15)21-2)17(19)18-9-3-5-13(18)14-6-4-10-22-14/h4,6-8,10-11,13H,3,5,9H2,1-2H3/t13-/m0/s1. The molecule has 1 aliphatic rings. The highest BCUT2D eigenvalue weighted by atomic mass is 16.5. The first-order valence-electron chi connectivity index (χ1n) is 7.31. The molecule has 22 heavy (non-hydrogen) atoms. The lowest BCUT2D eigenvalue weighted by molar-refractivity contribution is 0.0719. The molecule has 0 spiro atoms. The lowest BCUT2D eigenvalue weighted by Crippen LogP contribution is -2.30. The number of ether oxygens (including phenoxy) is 2. The molecule has 5 heteroatoms. The van der Waals surface area contributed by atoms with Gasteiger partial charge in [-0.25, -0.2) is 0 Å². The molecular formula is C17H19NO4. The zero-order chi connectivity index (χ0) is 15.5. The molecule has 1 aromatic heterocycles. The first-order chi connectivity index (χ1) is 10.7. The second-order valence-corrected chi connectivity index (χ2v) is 5.24. The molecule has 0 radical (unpaired) electrons. The maximum atomic E-state index is 12.8. The van der Waals surface area contributed by atoms with Gasteiger partial charge in [0.25, 0.3) is 5.91 Å². The van der Waals surface area contributed by atoms with E-state index in [1.807, 2.05) is 17.0 Å². The molecule has 1 saturated heterocycles. The van der Waals surface area contributed by atoms with E-state index >= 15 is 0 Å². The van der Waals surface area contributed by atoms with Crippen molar-refractivity contribution in [1.29, 1.82) is 0 Å². The van der Waals surface area contributed by atoms with Crippen LogP contribution in [0.15, 0.2) is 41.0 Å². The molecule has 1 fully saturated rings. The zero-order valence-electron chi connectivity index (χ0n) is 12.7. The first kappa shape index (κ1) is 14.5. The van der Waals surface area contributed by atoms with E-state index in [9.17, 15) is 4.79 Å². The number of amides is 1. The second kappa shape index (κ2) is 6.13. The van der Waals surface area contributed by atoms with Crippen molar-refractivity contribution in [1.82, 2.24) is 4.90 Å². The minimum Gasteiger partial charge on any atom is -0.493 e. The molecule has 1 aromatic carbocycles. The molecule has 0 N–H and O–H groups in total. The largest absolute Gasteiger partial charge is 0.493 e. The normalized spacial score (nSPS) is 17.5. The van der Waals surface area contributed by atoms with Gasteiger partial charge in [-0.3, -0.25) is 4.79 Å². The minimum atomic E-state index is -0.0140. The molecule has 116 valence electrons. The number of hydrogen-bond donors (Lipinski definition) is 0. The summed E-state index contributed by atoms with van der Waals surface area (Å²) in [7, 11) is 3.14. The summed E-state index contributed by atoms with van der Waals surface area (Å²) in [6.45, 7) is 0.735. The summed E-state index contributed by atoms with van der Waals surface area (Å²) >= 11 is 0. The topological polar surface area (TPSA) is 51.9 Å². The Morgan fingerprint density at radius 2 is 2.05 bits per heavy atom. The third kappa shape index (κ3) is 2.54. The van der Waals surface area contributed by atoms with Crippen LogP contribution in [0.5, 0.6) is 11.5 Å². The van der Waals surface area contributed by atoms with Crippen LogP contribution in [0.25, 0.3) is 0 Å². The van der Waals surface area contributed by atoms with Crippen molar-refractivity contribution in [3.63, 3.8) is 0 Å². The van der Waals surface area contributed by atoms with E-state index in [0.717, 1.165) is 25.1 Å². The lowest BCUT2D eigenvalue weighted by atomic mass is 10.1. The highest BCUT2D eigenvalue weighted by molar-refractivity contribution is 5.95. The average Bonchev–Trinajstić information content (AvgIpc) is 3.23. The van der Waals surface area contributed by atoms with Crippen LogP contribution in [0.4, 0.5) is 0 Å². The summed E-state index contributed by atoms with van der Waals surface area (Å²) in [6.07, 6.45) is 3.55. The van der Waals surface area contributed by atoms with Gasteiger partial charge in [0.1, 0.15) is 5.76 Å². The van der Waals surface area contributed by atoms with E-state index < -0.39 is 0 Å². The Bertz CT molecular complexity index is 651. The van der Waals surface area contributed by atoms with Gasteiger partial charge in [0.15, 0.2) is 11.5 Å². The molecule has 0 saturated carbocycles. The van der Waals surface area contributed by atoms with E-state index in [1.54, 1.807) is 38.7 Å². The van der Waals surface area contributed by atoms with E-state index in [1.165, 1.54) is 0 Å². The Morgan fingerprint density at radius 1 is 1.23 bits per heavy atom. The Hall–Kier alpha value is -2.43. The van der Waals surface area contributed by atoms with Crippen molar-refractivity contribution in [3.05, 3.63) is 47.9 Å². The Balaban J connectivity index is 1.87. The summed E-state index contributed by atoms with van der Waals surface area (Å²) in [5, 5.41) is 0. The predicted molar refractivity (Wildman–Crippen MR) is 81.3 cm³/mol. The van der Waals surface area contributed by atoms with Crippen LogP contribution in [-0.2, 0) is 0 Å². The Morgan fingerprint density at radius 3 is 2.73 bits per heavy atom. The van der Waals surface area contributed by atoms with Gasteiger partial charge in [-0.2, -0.15) is 0 Å². The molecule has 0 bridgehead atoms. The van der Waals surface area contributed by atoms with Gasteiger partial charge in [-0.05, 0) is 43.2 Å². The van der Waals surface area contributed by atoms with Crippen molar-refractivity contribution in [2.75, 3.05) is 20.8 Å². The van der Waals surface area contributed by atoms with Crippen LogP contribution in [0.1, 0.15) is 35.0 Å². The monoisotopic (exact) mass is 301 g/mol. The number of nitrogens with zero attached hydrogens (tertiary/aromatic N) is 1. The van der Waals surface area contributed by atoms with Crippen LogP contribution in [0.3, 0.4) is 0 Å².